The Morgan fingerprint density at radius 1 is 1.52 bits per heavy atom. The van der Waals surface area contributed by atoms with Gasteiger partial charge in [0.1, 0.15) is 11.9 Å². The van der Waals surface area contributed by atoms with E-state index in [0.29, 0.717) is 38.0 Å². The number of rotatable bonds is 3. The van der Waals surface area contributed by atoms with Crippen molar-refractivity contribution in [1.82, 2.24) is 20.1 Å². The lowest BCUT2D eigenvalue weighted by Gasteiger charge is -2.34. The second-order valence-electron chi connectivity index (χ2n) is 5.96. The maximum Gasteiger partial charge on any atom is 0.226 e. The van der Waals surface area contributed by atoms with Gasteiger partial charge in [0.2, 0.25) is 5.91 Å². The molecule has 21 heavy (non-hydrogen) atoms. The first-order valence-corrected chi connectivity index (χ1v) is 7.68. The summed E-state index contributed by atoms with van der Waals surface area (Å²) in [6, 6.07) is 0. The molecular weight excluding hydrogens is 270 g/mol. The van der Waals surface area contributed by atoms with E-state index in [1.165, 1.54) is 0 Å². The first-order valence-electron chi connectivity index (χ1n) is 7.68. The summed E-state index contributed by atoms with van der Waals surface area (Å²) in [4.78, 5) is 18.9. The van der Waals surface area contributed by atoms with Gasteiger partial charge in [0.15, 0.2) is 5.82 Å². The van der Waals surface area contributed by atoms with Crippen molar-refractivity contribution in [1.29, 1.82) is 0 Å². The molecule has 1 saturated heterocycles. The highest BCUT2D eigenvalue weighted by atomic mass is 16.5. The molecule has 2 heterocycles. The molecule has 0 aromatic carbocycles. The van der Waals surface area contributed by atoms with Crippen LogP contribution in [0.2, 0.25) is 0 Å². The van der Waals surface area contributed by atoms with Crippen LogP contribution in [0.1, 0.15) is 37.0 Å². The highest BCUT2D eigenvalue weighted by molar-refractivity contribution is 5.79. The number of hydrogen-bond donors (Lipinski definition) is 2. The Hall–Kier alpha value is -1.47. The minimum absolute atomic E-state index is 0.0858. The molecule has 1 aromatic heterocycles. The second kappa shape index (κ2) is 6.11. The van der Waals surface area contributed by atoms with Crippen LogP contribution in [0.25, 0.3) is 0 Å². The molecule has 2 fully saturated rings. The topological polar surface area (TPSA) is 97.1 Å². The van der Waals surface area contributed by atoms with Gasteiger partial charge in [-0.2, -0.15) is 5.10 Å². The van der Waals surface area contributed by atoms with Gasteiger partial charge in [0.05, 0.1) is 13.2 Å². The number of hydrogen-bond acceptors (Lipinski definition) is 5. The van der Waals surface area contributed by atoms with Crippen molar-refractivity contribution in [2.45, 2.75) is 32.3 Å². The summed E-state index contributed by atoms with van der Waals surface area (Å²) in [5.41, 5.74) is 5.79. The van der Waals surface area contributed by atoms with Crippen molar-refractivity contribution in [3.63, 3.8) is 0 Å². The molecule has 116 valence electrons. The number of aromatic nitrogens is 3. The summed E-state index contributed by atoms with van der Waals surface area (Å²) in [7, 11) is 0. The lowest BCUT2D eigenvalue weighted by Crippen LogP contribution is -2.46. The molecule has 2 aliphatic rings. The van der Waals surface area contributed by atoms with Crippen molar-refractivity contribution in [2.24, 2.45) is 17.6 Å². The maximum absolute atomic E-state index is 12.7. The fraction of sp³-hybridized carbons (Fsp3) is 0.786. The van der Waals surface area contributed by atoms with Gasteiger partial charge in [-0.3, -0.25) is 9.89 Å². The summed E-state index contributed by atoms with van der Waals surface area (Å²) < 4.78 is 5.71. The summed E-state index contributed by atoms with van der Waals surface area (Å²) in [5.74, 6) is 2.04. The Balaban J connectivity index is 1.66. The second-order valence-corrected chi connectivity index (χ2v) is 5.96. The van der Waals surface area contributed by atoms with Gasteiger partial charge in [-0.1, -0.05) is 6.42 Å². The van der Waals surface area contributed by atoms with Crippen molar-refractivity contribution < 1.29 is 9.53 Å². The predicted octanol–water partition coefficient (Wildman–Crippen LogP) is 0.388. The zero-order valence-corrected chi connectivity index (χ0v) is 12.4. The average molecular weight is 293 g/mol. The molecule has 0 spiro atoms. The number of aromatic amines is 1. The Bertz CT molecular complexity index is 503. The van der Waals surface area contributed by atoms with Crippen LogP contribution in [0.3, 0.4) is 0 Å². The van der Waals surface area contributed by atoms with Crippen LogP contribution in [-0.2, 0) is 9.53 Å². The van der Waals surface area contributed by atoms with E-state index in [4.69, 9.17) is 10.5 Å². The SMILES string of the molecule is Cc1nc(C2CN(C(=O)[C@@H]3CCC[C@@H]3CN)CCO2)n[nH]1. The standard InChI is InChI=1S/C14H23N5O2/c1-9-16-13(18-17-9)12-8-19(5-6-21-12)14(20)11-4-2-3-10(11)7-15/h10-12H,2-8,15H2,1H3,(H,16,17,18)/t10-,11-,12?/m1/s1. The van der Waals surface area contributed by atoms with E-state index in [1.54, 1.807) is 0 Å². The fourth-order valence-corrected chi connectivity index (χ4v) is 3.39. The molecule has 1 aromatic rings. The summed E-state index contributed by atoms with van der Waals surface area (Å²) in [5, 5.41) is 6.96. The van der Waals surface area contributed by atoms with Crippen molar-refractivity contribution in [3.8, 4) is 0 Å². The number of aryl methyl sites for hydroxylation is 1. The molecule has 1 amide bonds. The van der Waals surface area contributed by atoms with Crippen molar-refractivity contribution in [3.05, 3.63) is 11.6 Å². The highest BCUT2D eigenvalue weighted by Crippen LogP contribution is 2.33. The average Bonchev–Trinajstić information content (AvgIpc) is 3.15. The highest BCUT2D eigenvalue weighted by Gasteiger charge is 2.37. The zero-order chi connectivity index (χ0) is 14.8. The maximum atomic E-state index is 12.7. The van der Waals surface area contributed by atoms with Crippen LogP contribution >= 0.6 is 0 Å². The van der Waals surface area contributed by atoms with Gasteiger partial charge in [-0.15, -0.1) is 0 Å². The number of H-pyrrole nitrogens is 1. The van der Waals surface area contributed by atoms with Gasteiger partial charge in [0, 0.05) is 12.5 Å². The first kappa shape index (κ1) is 14.5. The minimum Gasteiger partial charge on any atom is -0.366 e. The van der Waals surface area contributed by atoms with Crippen LogP contribution in [0.15, 0.2) is 0 Å². The fourth-order valence-electron chi connectivity index (χ4n) is 3.39. The van der Waals surface area contributed by atoms with Crippen molar-refractivity contribution >= 4 is 5.91 Å². The van der Waals surface area contributed by atoms with E-state index < -0.39 is 0 Å². The van der Waals surface area contributed by atoms with Crippen LogP contribution in [-0.4, -0.2) is 52.2 Å². The molecule has 3 rings (SSSR count). The Labute approximate surface area is 124 Å². The number of nitrogens with zero attached hydrogens (tertiary/aromatic N) is 3. The molecule has 7 heteroatoms. The van der Waals surface area contributed by atoms with Crippen molar-refractivity contribution in [2.75, 3.05) is 26.2 Å². The largest absolute Gasteiger partial charge is 0.366 e. The van der Waals surface area contributed by atoms with E-state index in [-0.39, 0.29) is 17.9 Å². The Kier molecular flexibility index (Phi) is 4.21. The minimum atomic E-state index is -0.231. The molecular formula is C14H23N5O2. The van der Waals surface area contributed by atoms with Crippen LogP contribution in [0, 0.1) is 18.8 Å². The molecule has 1 aliphatic carbocycles. The lowest BCUT2D eigenvalue weighted by atomic mass is 9.94. The summed E-state index contributed by atoms with van der Waals surface area (Å²) >= 11 is 0. The molecule has 3 N–H and O–H groups in total. The van der Waals surface area contributed by atoms with Gasteiger partial charge in [-0.25, -0.2) is 4.98 Å². The third-order valence-corrected chi connectivity index (χ3v) is 4.56. The Morgan fingerprint density at radius 2 is 2.38 bits per heavy atom. The number of amides is 1. The molecule has 0 bridgehead atoms. The molecule has 3 atom stereocenters. The smallest absolute Gasteiger partial charge is 0.226 e. The number of nitrogens with two attached hydrogens (primary N) is 1. The third-order valence-electron chi connectivity index (χ3n) is 4.56. The Morgan fingerprint density at radius 3 is 3.10 bits per heavy atom. The number of morpholine rings is 1. The predicted molar refractivity (Wildman–Crippen MR) is 76.3 cm³/mol. The zero-order valence-electron chi connectivity index (χ0n) is 12.4. The number of ether oxygens (including phenoxy) is 1. The number of nitrogens with one attached hydrogen (secondary N) is 1. The molecule has 0 radical (unpaired) electrons. The number of carbonyl (C=O) groups excluding carboxylic acids is 1. The molecule has 7 nitrogen and oxygen atoms in total. The molecule has 1 saturated carbocycles. The van der Waals surface area contributed by atoms with E-state index in [2.05, 4.69) is 15.2 Å². The lowest BCUT2D eigenvalue weighted by molar-refractivity contribution is -0.144. The van der Waals surface area contributed by atoms with Gasteiger partial charge in [-0.05, 0) is 32.2 Å². The van der Waals surface area contributed by atoms with E-state index in [9.17, 15) is 4.79 Å². The first-order chi connectivity index (χ1) is 10.2. The monoisotopic (exact) mass is 293 g/mol. The molecule has 1 aliphatic heterocycles. The quantitative estimate of drug-likeness (QED) is 0.840. The van der Waals surface area contributed by atoms with Crippen LogP contribution < -0.4 is 5.73 Å². The van der Waals surface area contributed by atoms with Gasteiger partial charge < -0.3 is 15.4 Å². The van der Waals surface area contributed by atoms with E-state index in [1.807, 2.05) is 11.8 Å². The summed E-state index contributed by atoms with van der Waals surface area (Å²) in [6.07, 6.45) is 2.90. The number of carbonyl (C=O) groups is 1. The van der Waals surface area contributed by atoms with Gasteiger partial charge in [0.25, 0.3) is 0 Å². The van der Waals surface area contributed by atoms with E-state index in [0.717, 1.165) is 25.1 Å². The van der Waals surface area contributed by atoms with Crippen LogP contribution in [0.5, 0.6) is 0 Å². The van der Waals surface area contributed by atoms with Gasteiger partial charge >= 0.3 is 0 Å². The third kappa shape index (κ3) is 2.94. The normalized spacial score (nSPS) is 29.8. The molecule has 1 unspecified atom stereocenters. The van der Waals surface area contributed by atoms with E-state index >= 15 is 0 Å². The summed E-state index contributed by atoms with van der Waals surface area (Å²) in [6.45, 7) is 4.16. The van der Waals surface area contributed by atoms with Crippen LogP contribution in [0.4, 0.5) is 0 Å².